The van der Waals surface area contributed by atoms with Gasteiger partial charge in [-0.3, -0.25) is 4.74 Å². The Balaban J connectivity index is 0. The molecule has 0 saturated carbocycles. The molecule has 7 heavy (non-hydrogen) atoms. The number of alkyl halides is 3. The van der Waals surface area contributed by atoms with Crippen molar-refractivity contribution in [3.05, 3.63) is 0 Å². The first-order valence-electron chi connectivity index (χ1n) is 1.18. The third-order valence-electron chi connectivity index (χ3n) is 0.231. The zero-order valence-corrected chi connectivity index (χ0v) is 6.72. The van der Waals surface area contributed by atoms with Crippen LogP contribution in [-0.2, 0) is 24.2 Å². The van der Waals surface area contributed by atoms with Crippen molar-refractivity contribution >= 4 is 0 Å². The van der Waals surface area contributed by atoms with Crippen LogP contribution in [0.3, 0.4) is 0 Å². The third kappa shape index (κ3) is 10.7. The molecule has 0 saturated heterocycles. The molecule has 0 aliphatic heterocycles. The van der Waals surface area contributed by atoms with E-state index in [-0.39, 0.29) is 19.5 Å². The van der Waals surface area contributed by atoms with Gasteiger partial charge in [0.25, 0.3) is 0 Å². The van der Waals surface area contributed by atoms with E-state index in [1.54, 1.807) is 0 Å². The fraction of sp³-hybridized carbons (Fsp3) is 1.00. The van der Waals surface area contributed by atoms with Crippen LogP contribution in [0.4, 0.5) is 13.2 Å². The number of methoxy groups -OCH3 is 1. The van der Waals surface area contributed by atoms with Crippen LogP contribution in [0.15, 0.2) is 0 Å². The van der Waals surface area contributed by atoms with E-state index in [1.807, 2.05) is 0 Å². The molecule has 0 aromatic rings. The Labute approximate surface area is 51.6 Å². The van der Waals surface area contributed by atoms with Crippen molar-refractivity contribution in [1.29, 1.82) is 0 Å². The van der Waals surface area contributed by atoms with Crippen molar-refractivity contribution in [2.75, 3.05) is 7.11 Å². The van der Waals surface area contributed by atoms with Crippen LogP contribution in [0.1, 0.15) is 0 Å². The Morgan fingerprint density at radius 2 is 1.43 bits per heavy atom. The summed E-state index contributed by atoms with van der Waals surface area (Å²) >= 11 is 0. The van der Waals surface area contributed by atoms with E-state index in [0.29, 0.717) is 7.11 Å². The minimum absolute atomic E-state index is 0. The average Bonchev–Trinajstić information content (AvgIpc) is 1.35. The molecule has 0 rings (SSSR count). The number of rotatable bonds is 0. The molecule has 0 N–H and O–H groups in total. The summed E-state index contributed by atoms with van der Waals surface area (Å²) in [5.41, 5.74) is 0. The second-order valence-electron chi connectivity index (χ2n) is 0.650. The topological polar surface area (TPSA) is 9.23 Å². The van der Waals surface area contributed by atoms with Crippen molar-refractivity contribution in [3.8, 4) is 0 Å². The van der Waals surface area contributed by atoms with E-state index in [2.05, 4.69) is 4.74 Å². The Morgan fingerprint density at radius 1 is 1.29 bits per heavy atom. The minimum atomic E-state index is -4.46. The van der Waals surface area contributed by atoms with Gasteiger partial charge >= 0.3 is 6.36 Å². The van der Waals surface area contributed by atoms with E-state index in [0.717, 1.165) is 0 Å². The molecule has 0 radical (unpaired) electrons. The van der Waals surface area contributed by atoms with Crippen LogP contribution in [-0.4, -0.2) is 13.5 Å². The first-order chi connectivity index (χ1) is 2.56. The van der Waals surface area contributed by atoms with Crippen LogP contribution < -0.4 is 0 Å². The van der Waals surface area contributed by atoms with Gasteiger partial charge in [-0.2, -0.15) is 0 Å². The first kappa shape index (κ1) is 10.4. The van der Waals surface area contributed by atoms with Crippen molar-refractivity contribution in [2.24, 2.45) is 0 Å². The fourth-order valence-corrected chi connectivity index (χ4v) is 0. The molecule has 0 heterocycles. The van der Waals surface area contributed by atoms with Gasteiger partial charge in [0.1, 0.15) is 0 Å². The monoisotopic (exact) mass is 164 g/mol. The van der Waals surface area contributed by atoms with Crippen LogP contribution in [0.5, 0.6) is 0 Å². The molecule has 0 aliphatic rings. The maximum absolute atomic E-state index is 10.6. The zero-order valence-electron chi connectivity index (χ0n) is 3.75. The van der Waals surface area contributed by atoms with Gasteiger partial charge in [-0.15, -0.1) is 13.2 Å². The molecule has 0 spiro atoms. The quantitative estimate of drug-likeness (QED) is 0.489. The standard InChI is InChI=1S/C2H3F3O.Zn/c1-6-2(3,4)5;/h1H3;. The van der Waals surface area contributed by atoms with Crippen molar-refractivity contribution in [2.45, 2.75) is 6.36 Å². The molecule has 0 fully saturated rings. The molecule has 0 unspecified atom stereocenters. The summed E-state index contributed by atoms with van der Waals surface area (Å²) in [6.07, 6.45) is -4.46. The van der Waals surface area contributed by atoms with Gasteiger partial charge in [-0.1, -0.05) is 0 Å². The van der Waals surface area contributed by atoms with Gasteiger partial charge < -0.3 is 0 Å². The normalized spacial score (nSPS) is 10.3. The van der Waals surface area contributed by atoms with E-state index in [9.17, 15) is 13.2 Å². The second-order valence-corrected chi connectivity index (χ2v) is 0.650. The maximum atomic E-state index is 10.6. The number of hydrogen-bond donors (Lipinski definition) is 0. The van der Waals surface area contributed by atoms with Crippen molar-refractivity contribution in [3.63, 3.8) is 0 Å². The third-order valence-corrected chi connectivity index (χ3v) is 0.231. The van der Waals surface area contributed by atoms with E-state index in [4.69, 9.17) is 0 Å². The van der Waals surface area contributed by atoms with Gasteiger partial charge in [-0.25, -0.2) is 0 Å². The van der Waals surface area contributed by atoms with Gasteiger partial charge in [-0.05, 0) is 0 Å². The molecule has 5 heteroatoms. The first-order valence-corrected chi connectivity index (χ1v) is 1.18. The van der Waals surface area contributed by atoms with Gasteiger partial charge in [0.05, 0.1) is 0 Å². The summed E-state index contributed by atoms with van der Waals surface area (Å²) in [5, 5.41) is 0. The number of hydrogen-bond acceptors (Lipinski definition) is 1. The number of ether oxygens (including phenoxy) is 1. The van der Waals surface area contributed by atoms with Crippen LogP contribution >= 0.6 is 0 Å². The second kappa shape index (κ2) is 3.38. The minimum Gasteiger partial charge on any atom is -0.295 e. The zero-order chi connectivity index (χ0) is 5.21. The molecular formula is C2H3F3OZn. The van der Waals surface area contributed by atoms with Gasteiger partial charge in [0, 0.05) is 26.6 Å². The SMILES string of the molecule is COC(F)(F)F.[Zn]. The van der Waals surface area contributed by atoms with Crippen LogP contribution in [0.2, 0.25) is 0 Å². The van der Waals surface area contributed by atoms with Gasteiger partial charge in [0.15, 0.2) is 0 Å². The van der Waals surface area contributed by atoms with Gasteiger partial charge in [0.2, 0.25) is 0 Å². The Bertz CT molecular complexity index is 42.7. The Hall–Kier alpha value is 0.373. The number of halogens is 3. The van der Waals surface area contributed by atoms with Crippen LogP contribution in [0, 0.1) is 0 Å². The summed E-state index contributed by atoms with van der Waals surface area (Å²) in [5.74, 6) is 0. The molecule has 40 valence electrons. The largest absolute Gasteiger partial charge is 0.522 e. The molecule has 0 aromatic carbocycles. The van der Waals surface area contributed by atoms with Crippen molar-refractivity contribution < 1.29 is 37.4 Å². The molecule has 0 aromatic heterocycles. The Morgan fingerprint density at radius 3 is 1.43 bits per heavy atom. The van der Waals surface area contributed by atoms with E-state index < -0.39 is 6.36 Å². The predicted octanol–water partition coefficient (Wildman–Crippen LogP) is 1.15. The predicted molar refractivity (Wildman–Crippen MR) is 13.1 cm³/mol. The van der Waals surface area contributed by atoms with Crippen LogP contribution in [0.25, 0.3) is 0 Å². The summed E-state index contributed by atoms with van der Waals surface area (Å²) < 4.78 is 34.6. The molecule has 0 bridgehead atoms. The molecular weight excluding hydrogens is 162 g/mol. The molecule has 0 amide bonds. The summed E-state index contributed by atoms with van der Waals surface area (Å²) in [6.45, 7) is 0. The summed E-state index contributed by atoms with van der Waals surface area (Å²) in [7, 11) is 0.583. The summed E-state index contributed by atoms with van der Waals surface area (Å²) in [6, 6.07) is 0. The molecule has 0 atom stereocenters. The molecule has 0 aliphatic carbocycles. The van der Waals surface area contributed by atoms with Crippen molar-refractivity contribution in [1.82, 2.24) is 0 Å². The fourth-order valence-electron chi connectivity index (χ4n) is 0. The Kier molecular flexibility index (Phi) is 5.02. The van der Waals surface area contributed by atoms with E-state index >= 15 is 0 Å². The van der Waals surface area contributed by atoms with E-state index in [1.165, 1.54) is 0 Å². The molecule has 1 nitrogen and oxygen atoms in total. The maximum Gasteiger partial charge on any atom is 0.522 e. The summed E-state index contributed by atoms with van der Waals surface area (Å²) in [4.78, 5) is 0. The smallest absolute Gasteiger partial charge is 0.295 e. The average molecular weight is 165 g/mol.